The molecule has 2 rings (SSSR count). The molecule has 0 saturated heterocycles. The predicted octanol–water partition coefficient (Wildman–Crippen LogP) is 1.40. The highest BCUT2D eigenvalue weighted by molar-refractivity contribution is 5.97. The molecule has 1 fully saturated rings. The molecule has 1 aromatic carbocycles. The summed E-state index contributed by atoms with van der Waals surface area (Å²) in [4.78, 5) is 13.9. The van der Waals surface area contributed by atoms with Crippen LogP contribution < -0.4 is 0 Å². The average molecular weight is 247 g/mol. The molecule has 1 aliphatic rings. The Labute approximate surface area is 105 Å². The summed E-state index contributed by atoms with van der Waals surface area (Å²) >= 11 is 0. The van der Waals surface area contributed by atoms with Crippen LogP contribution in [0.15, 0.2) is 18.2 Å². The summed E-state index contributed by atoms with van der Waals surface area (Å²) in [6, 6.07) is 4.20. The lowest BCUT2D eigenvalue weighted by Crippen LogP contribution is -2.29. The van der Waals surface area contributed by atoms with Gasteiger partial charge in [0.2, 0.25) is 0 Å². The largest absolute Gasteiger partial charge is 0.384 e. The van der Waals surface area contributed by atoms with Gasteiger partial charge in [-0.1, -0.05) is 11.8 Å². The van der Waals surface area contributed by atoms with Crippen molar-refractivity contribution in [1.82, 2.24) is 4.90 Å². The van der Waals surface area contributed by atoms with Gasteiger partial charge in [0.15, 0.2) is 0 Å². The topological polar surface area (TPSA) is 40.5 Å². The van der Waals surface area contributed by atoms with Crippen molar-refractivity contribution < 1.29 is 14.3 Å². The number of nitrogens with zero attached hydrogens (tertiary/aromatic N) is 1. The van der Waals surface area contributed by atoms with Crippen molar-refractivity contribution in [3.8, 4) is 11.8 Å². The second-order valence-corrected chi connectivity index (χ2v) is 4.30. The number of benzene rings is 1. The molecule has 1 saturated carbocycles. The maximum atomic E-state index is 13.2. The van der Waals surface area contributed by atoms with Crippen LogP contribution in [0, 0.1) is 17.7 Å². The van der Waals surface area contributed by atoms with E-state index in [0.29, 0.717) is 17.2 Å². The highest BCUT2D eigenvalue weighted by atomic mass is 19.1. The van der Waals surface area contributed by atoms with E-state index in [2.05, 4.69) is 11.8 Å². The molecule has 0 unspecified atom stereocenters. The van der Waals surface area contributed by atoms with Gasteiger partial charge in [0.1, 0.15) is 12.4 Å². The molecule has 0 bridgehead atoms. The Kier molecular flexibility index (Phi) is 3.63. The Balaban J connectivity index is 2.33. The number of carbonyl (C=O) groups is 1. The molecule has 1 amide bonds. The second kappa shape index (κ2) is 5.19. The smallest absolute Gasteiger partial charge is 0.255 e. The number of aliphatic hydroxyl groups is 1. The van der Waals surface area contributed by atoms with Gasteiger partial charge in [-0.25, -0.2) is 4.39 Å². The fraction of sp³-hybridized carbons (Fsp3) is 0.357. The van der Waals surface area contributed by atoms with E-state index in [0.717, 1.165) is 12.8 Å². The van der Waals surface area contributed by atoms with Crippen LogP contribution in [-0.2, 0) is 0 Å². The lowest BCUT2D eigenvalue weighted by Gasteiger charge is -2.17. The van der Waals surface area contributed by atoms with Crippen LogP contribution >= 0.6 is 0 Å². The molecular formula is C14H14FNO2. The molecule has 0 spiro atoms. The first kappa shape index (κ1) is 12.6. The van der Waals surface area contributed by atoms with Crippen LogP contribution in [0.2, 0.25) is 0 Å². The van der Waals surface area contributed by atoms with Crippen molar-refractivity contribution in [3.63, 3.8) is 0 Å². The van der Waals surface area contributed by atoms with Gasteiger partial charge >= 0.3 is 0 Å². The first-order valence-corrected chi connectivity index (χ1v) is 5.80. The molecule has 1 N–H and O–H groups in total. The van der Waals surface area contributed by atoms with Crippen LogP contribution in [0.25, 0.3) is 0 Å². The number of carbonyl (C=O) groups excluding carboxylic acids is 1. The van der Waals surface area contributed by atoms with Crippen LogP contribution in [-0.4, -0.2) is 35.6 Å². The second-order valence-electron chi connectivity index (χ2n) is 4.30. The van der Waals surface area contributed by atoms with E-state index in [1.165, 1.54) is 18.2 Å². The minimum absolute atomic E-state index is 0.153. The van der Waals surface area contributed by atoms with Crippen LogP contribution in [0.4, 0.5) is 4.39 Å². The summed E-state index contributed by atoms with van der Waals surface area (Å²) < 4.78 is 13.2. The number of halogens is 1. The summed E-state index contributed by atoms with van der Waals surface area (Å²) in [6.45, 7) is -0.317. The zero-order chi connectivity index (χ0) is 13.1. The van der Waals surface area contributed by atoms with Gasteiger partial charge < -0.3 is 10.0 Å². The zero-order valence-corrected chi connectivity index (χ0v) is 10.1. The Hall–Kier alpha value is -1.86. The monoisotopic (exact) mass is 247 g/mol. The van der Waals surface area contributed by atoms with Gasteiger partial charge in [0, 0.05) is 18.7 Å². The van der Waals surface area contributed by atoms with E-state index in [-0.39, 0.29) is 12.5 Å². The molecule has 0 heterocycles. The van der Waals surface area contributed by atoms with Gasteiger partial charge in [-0.05, 0) is 31.0 Å². The molecular weight excluding hydrogens is 233 g/mol. The molecule has 18 heavy (non-hydrogen) atoms. The van der Waals surface area contributed by atoms with Gasteiger partial charge in [0.25, 0.3) is 5.91 Å². The highest BCUT2D eigenvalue weighted by Gasteiger charge is 2.30. The number of rotatable bonds is 2. The molecule has 4 heteroatoms. The van der Waals surface area contributed by atoms with E-state index >= 15 is 0 Å². The summed E-state index contributed by atoms with van der Waals surface area (Å²) in [5, 5.41) is 8.67. The maximum absolute atomic E-state index is 13.2. The molecule has 1 aromatic rings. The van der Waals surface area contributed by atoms with E-state index in [4.69, 9.17) is 5.11 Å². The molecule has 0 aromatic heterocycles. The molecule has 1 aliphatic carbocycles. The normalized spacial score (nSPS) is 13.7. The van der Waals surface area contributed by atoms with E-state index in [1.54, 1.807) is 11.9 Å². The van der Waals surface area contributed by atoms with Gasteiger partial charge in [-0.3, -0.25) is 4.79 Å². The summed E-state index contributed by atoms with van der Waals surface area (Å²) in [7, 11) is 1.74. The fourth-order valence-corrected chi connectivity index (χ4v) is 1.76. The Morgan fingerprint density at radius 1 is 1.56 bits per heavy atom. The average Bonchev–Trinajstić information content (AvgIpc) is 3.19. The lowest BCUT2D eigenvalue weighted by atomic mass is 10.1. The van der Waals surface area contributed by atoms with Gasteiger partial charge in [-0.15, -0.1) is 0 Å². The third-order valence-corrected chi connectivity index (χ3v) is 2.93. The Morgan fingerprint density at radius 3 is 2.89 bits per heavy atom. The summed E-state index contributed by atoms with van der Waals surface area (Å²) in [5.41, 5.74) is 0.702. The number of amides is 1. The van der Waals surface area contributed by atoms with Crippen molar-refractivity contribution in [2.24, 2.45) is 0 Å². The van der Waals surface area contributed by atoms with Crippen molar-refractivity contribution in [2.45, 2.75) is 18.9 Å². The van der Waals surface area contributed by atoms with E-state index in [1.807, 2.05) is 0 Å². The number of hydrogen-bond acceptors (Lipinski definition) is 2. The van der Waals surface area contributed by atoms with Crippen LogP contribution in [0.3, 0.4) is 0 Å². The number of hydrogen-bond donors (Lipinski definition) is 1. The first-order valence-electron chi connectivity index (χ1n) is 5.80. The predicted molar refractivity (Wildman–Crippen MR) is 65.5 cm³/mol. The summed E-state index contributed by atoms with van der Waals surface area (Å²) in [6.07, 6.45) is 2.03. The van der Waals surface area contributed by atoms with Crippen LogP contribution in [0.5, 0.6) is 0 Å². The Morgan fingerprint density at radius 2 is 2.28 bits per heavy atom. The zero-order valence-electron chi connectivity index (χ0n) is 10.1. The molecule has 0 atom stereocenters. The van der Waals surface area contributed by atoms with Crippen molar-refractivity contribution in [3.05, 3.63) is 35.1 Å². The number of aliphatic hydroxyl groups excluding tert-OH is 1. The third kappa shape index (κ3) is 2.69. The van der Waals surface area contributed by atoms with Crippen molar-refractivity contribution in [2.75, 3.05) is 13.7 Å². The van der Waals surface area contributed by atoms with Crippen LogP contribution in [0.1, 0.15) is 28.8 Å². The lowest BCUT2D eigenvalue weighted by molar-refractivity contribution is 0.0785. The molecule has 0 radical (unpaired) electrons. The third-order valence-electron chi connectivity index (χ3n) is 2.93. The SMILES string of the molecule is CN(C(=O)c1ccc(F)cc1C#CCO)C1CC1. The quantitative estimate of drug-likeness (QED) is 0.803. The Bertz CT molecular complexity index is 526. The summed E-state index contributed by atoms with van der Waals surface area (Å²) in [5.74, 6) is 4.46. The molecule has 0 aliphatic heterocycles. The standard InChI is InChI=1S/C14H14FNO2/c1-16(12-5-6-12)14(18)13-7-4-11(15)9-10(13)3-2-8-17/h4,7,9,12,17H,5-6,8H2,1H3. The van der Waals surface area contributed by atoms with Crippen molar-refractivity contribution in [1.29, 1.82) is 0 Å². The molecule has 94 valence electrons. The fourth-order valence-electron chi connectivity index (χ4n) is 1.76. The van der Waals surface area contributed by atoms with E-state index in [9.17, 15) is 9.18 Å². The van der Waals surface area contributed by atoms with Gasteiger partial charge in [-0.2, -0.15) is 0 Å². The highest BCUT2D eigenvalue weighted by Crippen LogP contribution is 2.27. The van der Waals surface area contributed by atoms with Gasteiger partial charge in [0.05, 0.1) is 5.56 Å². The first-order chi connectivity index (χ1) is 8.63. The minimum Gasteiger partial charge on any atom is -0.384 e. The van der Waals surface area contributed by atoms with E-state index < -0.39 is 5.82 Å². The maximum Gasteiger partial charge on any atom is 0.255 e. The minimum atomic E-state index is -0.442. The molecule has 3 nitrogen and oxygen atoms in total. The van der Waals surface area contributed by atoms with Crippen molar-refractivity contribution >= 4 is 5.91 Å².